The number of aryl methyl sites for hydroxylation is 1. The number of esters is 1. The molecule has 1 aliphatic carbocycles. The second kappa shape index (κ2) is 5.09. The van der Waals surface area contributed by atoms with Crippen LogP contribution in [0.3, 0.4) is 0 Å². The molecule has 122 valence electrons. The van der Waals surface area contributed by atoms with Crippen LogP contribution in [0.1, 0.15) is 35.8 Å². The summed E-state index contributed by atoms with van der Waals surface area (Å²) in [5.74, 6) is -0.500. The van der Waals surface area contributed by atoms with Crippen LogP contribution in [0.4, 0.5) is 0 Å². The van der Waals surface area contributed by atoms with E-state index in [1.807, 2.05) is 42.8 Å². The smallest absolute Gasteiger partial charge is 0.336 e. The number of rotatable bonds is 2. The van der Waals surface area contributed by atoms with Crippen molar-refractivity contribution in [2.45, 2.75) is 26.1 Å². The summed E-state index contributed by atoms with van der Waals surface area (Å²) >= 11 is 0. The van der Waals surface area contributed by atoms with Gasteiger partial charge in [-0.1, -0.05) is 25.1 Å². The Morgan fingerprint density at radius 3 is 2.71 bits per heavy atom. The quantitative estimate of drug-likeness (QED) is 0.484. The third-order valence-electron chi connectivity index (χ3n) is 4.78. The molecule has 5 heteroatoms. The van der Waals surface area contributed by atoms with E-state index in [2.05, 4.69) is 0 Å². The fraction of sp³-hybridized carbons (Fsp3) is 0.263. The number of ether oxygens (including phenoxy) is 2. The van der Waals surface area contributed by atoms with Gasteiger partial charge in [-0.2, -0.15) is 0 Å². The largest absolute Gasteiger partial charge is 0.458 e. The maximum absolute atomic E-state index is 12.8. The van der Waals surface area contributed by atoms with E-state index in [9.17, 15) is 9.59 Å². The van der Waals surface area contributed by atoms with Crippen molar-refractivity contribution in [3.05, 3.63) is 59.0 Å². The zero-order chi connectivity index (χ0) is 17.0. The number of para-hydroxylation sites is 1. The van der Waals surface area contributed by atoms with Crippen molar-refractivity contribution in [1.29, 1.82) is 0 Å². The first-order chi connectivity index (χ1) is 11.5. The minimum absolute atomic E-state index is 0.0405. The molecule has 0 saturated carbocycles. The van der Waals surface area contributed by atoms with E-state index in [1.54, 1.807) is 13.0 Å². The molecule has 0 radical (unpaired) electrons. The number of allylic oxidation sites excluding steroid dienone is 1. The molecular formula is C19H17NO4. The highest BCUT2D eigenvalue weighted by Gasteiger charge is 2.37. The minimum Gasteiger partial charge on any atom is -0.458 e. The number of hydrogen-bond donors (Lipinski definition) is 0. The van der Waals surface area contributed by atoms with Crippen LogP contribution in [0.5, 0.6) is 0 Å². The normalized spacial score (nSPS) is 24.5. The van der Waals surface area contributed by atoms with E-state index < -0.39 is 12.3 Å². The van der Waals surface area contributed by atoms with E-state index in [0.29, 0.717) is 16.8 Å². The van der Waals surface area contributed by atoms with Crippen LogP contribution in [0, 0.1) is 0 Å². The Balaban J connectivity index is 1.70. The Bertz CT molecular complexity index is 948. The van der Waals surface area contributed by atoms with Crippen molar-refractivity contribution >= 4 is 22.7 Å². The van der Waals surface area contributed by atoms with Crippen molar-refractivity contribution in [3.8, 4) is 0 Å². The molecule has 4 rings (SSSR count). The lowest BCUT2D eigenvalue weighted by Crippen LogP contribution is -2.11. The first-order valence-electron chi connectivity index (χ1n) is 7.86. The molecule has 0 bridgehead atoms. The monoisotopic (exact) mass is 323 g/mol. The summed E-state index contributed by atoms with van der Waals surface area (Å²) in [5, 5.41) is 1.09. The zero-order valence-corrected chi connectivity index (χ0v) is 13.7. The Hall–Kier alpha value is -2.82. The third-order valence-corrected chi connectivity index (χ3v) is 4.78. The fourth-order valence-electron chi connectivity index (χ4n) is 3.49. The number of benzene rings is 1. The summed E-state index contributed by atoms with van der Waals surface area (Å²) in [7, 11) is 1.90. The summed E-state index contributed by atoms with van der Waals surface area (Å²) in [5.41, 5.74) is 3.87. The predicted molar refractivity (Wildman–Crippen MR) is 88.5 cm³/mol. The molecule has 0 amide bonds. The molecule has 1 aromatic carbocycles. The van der Waals surface area contributed by atoms with Gasteiger partial charge in [0.1, 0.15) is 0 Å². The highest BCUT2D eigenvalue weighted by molar-refractivity contribution is 6.17. The topological polar surface area (TPSA) is 57.5 Å². The molecule has 2 aromatic rings. The number of nitrogens with zero attached hydrogens (tertiary/aromatic N) is 1. The van der Waals surface area contributed by atoms with Crippen LogP contribution >= 0.6 is 0 Å². The minimum atomic E-state index is -0.759. The Morgan fingerprint density at radius 1 is 1.25 bits per heavy atom. The van der Waals surface area contributed by atoms with E-state index in [0.717, 1.165) is 16.5 Å². The number of fused-ring (bicyclic) bond motifs is 3. The van der Waals surface area contributed by atoms with Crippen molar-refractivity contribution in [1.82, 2.24) is 4.57 Å². The molecule has 0 N–H and O–H groups in total. The summed E-state index contributed by atoms with van der Waals surface area (Å²) in [4.78, 5) is 24.2. The van der Waals surface area contributed by atoms with Crippen LogP contribution < -0.4 is 0 Å². The van der Waals surface area contributed by atoms with E-state index in [-0.39, 0.29) is 11.7 Å². The van der Waals surface area contributed by atoms with Gasteiger partial charge in [0.2, 0.25) is 5.78 Å². The molecule has 2 unspecified atom stereocenters. The Morgan fingerprint density at radius 2 is 2.00 bits per heavy atom. The van der Waals surface area contributed by atoms with Crippen LogP contribution in [-0.4, -0.2) is 22.6 Å². The molecule has 0 saturated heterocycles. The first-order valence-corrected chi connectivity index (χ1v) is 7.86. The Labute approximate surface area is 139 Å². The summed E-state index contributed by atoms with van der Waals surface area (Å²) in [6.45, 7) is 3.66. The van der Waals surface area contributed by atoms with Crippen molar-refractivity contribution in [2.24, 2.45) is 7.05 Å². The van der Waals surface area contributed by atoms with Crippen LogP contribution in [0.2, 0.25) is 0 Å². The second-order valence-electron chi connectivity index (χ2n) is 6.22. The van der Waals surface area contributed by atoms with Gasteiger partial charge in [-0.15, -0.1) is 0 Å². The van der Waals surface area contributed by atoms with E-state index in [1.165, 1.54) is 6.26 Å². The summed E-state index contributed by atoms with van der Waals surface area (Å²) < 4.78 is 12.5. The van der Waals surface area contributed by atoms with Crippen LogP contribution in [-0.2, 0) is 21.3 Å². The standard InChI is InChI=1S/C19H17NO4/c1-10-8-15(24-19(10)22)23-9-13-11(2)16-12-6-4-5-7-14(12)20(3)17(16)18(13)21/h4-9,11,15H,1-3H3/b13-9+. The van der Waals surface area contributed by atoms with Gasteiger partial charge in [0.05, 0.1) is 12.0 Å². The average Bonchev–Trinajstić information content (AvgIpc) is 3.13. The van der Waals surface area contributed by atoms with E-state index in [4.69, 9.17) is 9.47 Å². The predicted octanol–water partition coefficient (Wildman–Crippen LogP) is 3.21. The lowest BCUT2D eigenvalue weighted by atomic mass is 9.99. The summed E-state index contributed by atoms with van der Waals surface area (Å²) in [6.07, 6.45) is 2.28. The van der Waals surface area contributed by atoms with Gasteiger partial charge in [0, 0.05) is 41.1 Å². The number of ketones is 1. The number of carbonyl (C=O) groups is 2. The fourth-order valence-corrected chi connectivity index (χ4v) is 3.49. The molecule has 2 aliphatic rings. The van der Waals surface area contributed by atoms with Gasteiger partial charge in [-0.3, -0.25) is 4.79 Å². The number of Topliss-reactive ketones (excluding diaryl/α,β-unsaturated/α-hetero) is 1. The SMILES string of the molecule is CC1=CC(O/C=C2/C(=O)c3c(c4ccccc4n3C)C2C)OC1=O. The van der Waals surface area contributed by atoms with Gasteiger partial charge >= 0.3 is 5.97 Å². The van der Waals surface area contributed by atoms with Gasteiger partial charge in [-0.05, 0) is 18.6 Å². The van der Waals surface area contributed by atoms with Gasteiger partial charge < -0.3 is 14.0 Å². The average molecular weight is 323 g/mol. The maximum Gasteiger partial charge on any atom is 0.336 e. The number of cyclic esters (lactones) is 1. The van der Waals surface area contributed by atoms with Crippen LogP contribution in [0.25, 0.3) is 10.9 Å². The lowest BCUT2D eigenvalue weighted by Gasteiger charge is -2.11. The van der Waals surface area contributed by atoms with Gasteiger partial charge in [0.15, 0.2) is 0 Å². The van der Waals surface area contributed by atoms with Gasteiger partial charge in [0.25, 0.3) is 6.29 Å². The van der Waals surface area contributed by atoms with Crippen molar-refractivity contribution < 1.29 is 19.1 Å². The summed E-state index contributed by atoms with van der Waals surface area (Å²) in [6, 6.07) is 7.99. The van der Waals surface area contributed by atoms with Gasteiger partial charge in [-0.25, -0.2) is 4.79 Å². The highest BCUT2D eigenvalue weighted by Crippen LogP contribution is 2.43. The number of carbonyl (C=O) groups excluding carboxylic acids is 2. The van der Waals surface area contributed by atoms with Crippen molar-refractivity contribution in [2.75, 3.05) is 0 Å². The molecule has 2 heterocycles. The highest BCUT2D eigenvalue weighted by atomic mass is 16.7. The first kappa shape index (κ1) is 14.8. The second-order valence-corrected chi connectivity index (χ2v) is 6.22. The molecule has 2 atom stereocenters. The molecular weight excluding hydrogens is 306 g/mol. The van der Waals surface area contributed by atoms with Crippen molar-refractivity contribution in [3.63, 3.8) is 0 Å². The zero-order valence-electron chi connectivity index (χ0n) is 13.7. The number of hydrogen-bond acceptors (Lipinski definition) is 4. The molecule has 0 fully saturated rings. The molecule has 1 aromatic heterocycles. The molecule has 5 nitrogen and oxygen atoms in total. The third kappa shape index (κ3) is 1.94. The van der Waals surface area contributed by atoms with E-state index >= 15 is 0 Å². The maximum atomic E-state index is 12.8. The lowest BCUT2D eigenvalue weighted by molar-refractivity contribution is -0.152. The van der Waals surface area contributed by atoms with Crippen LogP contribution in [0.15, 0.2) is 47.7 Å². The molecule has 24 heavy (non-hydrogen) atoms. The Kier molecular flexibility index (Phi) is 3.13. The number of aromatic nitrogens is 1. The molecule has 0 spiro atoms. The molecule has 1 aliphatic heterocycles.